The molecule has 0 fully saturated rings. The molecule has 4 nitrogen and oxygen atoms in total. The van der Waals surface area contributed by atoms with Crippen molar-refractivity contribution in [3.63, 3.8) is 0 Å². The predicted octanol–water partition coefficient (Wildman–Crippen LogP) is 2.49. The average Bonchev–Trinajstić information content (AvgIpc) is 2.57. The number of carbonyl (C=O) groups excluding carboxylic acids is 1. The van der Waals surface area contributed by atoms with Crippen LogP contribution in [0.25, 0.3) is 0 Å². The SMILES string of the molecule is CCc1ccc(Cc2ccc(NC(=O)[C@@](C)(N)CO)cc2)cc1. The van der Waals surface area contributed by atoms with Gasteiger partial charge in [0.2, 0.25) is 5.91 Å². The van der Waals surface area contributed by atoms with Crippen molar-refractivity contribution in [1.82, 2.24) is 0 Å². The number of hydrogen-bond donors (Lipinski definition) is 3. The number of aliphatic hydroxyl groups is 1. The van der Waals surface area contributed by atoms with Crippen molar-refractivity contribution in [3.8, 4) is 0 Å². The summed E-state index contributed by atoms with van der Waals surface area (Å²) in [5.74, 6) is -0.400. The van der Waals surface area contributed by atoms with E-state index in [0.717, 1.165) is 12.8 Å². The van der Waals surface area contributed by atoms with Gasteiger partial charge >= 0.3 is 0 Å². The first-order valence-corrected chi connectivity index (χ1v) is 7.82. The Morgan fingerprint density at radius 3 is 2.00 bits per heavy atom. The number of rotatable bonds is 6. The molecule has 2 aromatic carbocycles. The smallest absolute Gasteiger partial charge is 0.246 e. The third-order valence-corrected chi connectivity index (χ3v) is 3.90. The quantitative estimate of drug-likeness (QED) is 0.767. The minimum Gasteiger partial charge on any atom is -0.394 e. The van der Waals surface area contributed by atoms with Crippen LogP contribution in [-0.4, -0.2) is 23.2 Å². The first-order valence-electron chi connectivity index (χ1n) is 7.82. The maximum Gasteiger partial charge on any atom is 0.246 e. The van der Waals surface area contributed by atoms with E-state index in [-0.39, 0.29) is 0 Å². The molecule has 0 bridgehead atoms. The first-order chi connectivity index (χ1) is 10.9. The van der Waals surface area contributed by atoms with Crippen molar-refractivity contribution in [2.24, 2.45) is 5.73 Å². The third kappa shape index (κ3) is 4.65. The first kappa shape index (κ1) is 17.2. The fourth-order valence-corrected chi connectivity index (χ4v) is 2.18. The maximum absolute atomic E-state index is 11.9. The lowest BCUT2D eigenvalue weighted by atomic mass is 10.0. The Morgan fingerprint density at radius 1 is 1.04 bits per heavy atom. The summed E-state index contributed by atoms with van der Waals surface area (Å²) >= 11 is 0. The fraction of sp³-hybridized carbons (Fsp3) is 0.316. The second-order valence-corrected chi connectivity index (χ2v) is 6.07. The third-order valence-electron chi connectivity index (χ3n) is 3.90. The van der Waals surface area contributed by atoms with Crippen LogP contribution in [0, 0.1) is 0 Å². The van der Waals surface area contributed by atoms with Gasteiger partial charge in [0.15, 0.2) is 0 Å². The van der Waals surface area contributed by atoms with Gasteiger partial charge < -0.3 is 16.2 Å². The lowest BCUT2D eigenvalue weighted by molar-refractivity contribution is -0.121. The number of benzene rings is 2. The number of aryl methyl sites for hydroxylation is 1. The molecular weight excluding hydrogens is 288 g/mol. The minimum absolute atomic E-state index is 0.398. The molecular formula is C19H24N2O2. The largest absolute Gasteiger partial charge is 0.394 e. The number of amides is 1. The lowest BCUT2D eigenvalue weighted by Gasteiger charge is -2.20. The summed E-state index contributed by atoms with van der Waals surface area (Å²) in [7, 11) is 0. The highest BCUT2D eigenvalue weighted by atomic mass is 16.3. The Morgan fingerprint density at radius 2 is 1.52 bits per heavy atom. The molecule has 2 aromatic rings. The molecule has 4 N–H and O–H groups in total. The van der Waals surface area contributed by atoms with Crippen LogP contribution in [0.4, 0.5) is 5.69 Å². The summed E-state index contributed by atoms with van der Waals surface area (Å²) in [4.78, 5) is 11.9. The van der Waals surface area contributed by atoms with Crippen LogP contribution in [0.1, 0.15) is 30.5 Å². The van der Waals surface area contributed by atoms with Crippen molar-refractivity contribution in [1.29, 1.82) is 0 Å². The predicted molar refractivity (Wildman–Crippen MR) is 93.4 cm³/mol. The van der Waals surface area contributed by atoms with Crippen LogP contribution < -0.4 is 11.1 Å². The van der Waals surface area contributed by atoms with Gasteiger partial charge in [0.05, 0.1) is 6.61 Å². The topological polar surface area (TPSA) is 75.4 Å². The van der Waals surface area contributed by atoms with E-state index in [2.05, 4.69) is 36.5 Å². The number of anilines is 1. The van der Waals surface area contributed by atoms with E-state index < -0.39 is 18.1 Å². The van der Waals surface area contributed by atoms with Gasteiger partial charge in [-0.05, 0) is 48.6 Å². The zero-order valence-corrected chi connectivity index (χ0v) is 13.7. The monoisotopic (exact) mass is 312 g/mol. The summed E-state index contributed by atoms with van der Waals surface area (Å²) in [6.07, 6.45) is 1.89. The highest BCUT2D eigenvalue weighted by molar-refractivity contribution is 5.97. The summed E-state index contributed by atoms with van der Waals surface area (Å²) in [6.45, 7) is 3.24. The number of hydrogen-bond acceptors (Lipinski definition) is 3. The molecule has 23 heavy (non-hydrogen) atoms. The average molecular weight is 312 g/mol. The van der Waals surface area contributed by atoms with Gasteiger partial charge in [-0.25, -0.2) is 0 Å². The molecule has 0 saturated carbocycles. The summed E-state index contributed by atoms with van der Waals surface area (Å²) in [5.41, 5.74) is 8.86. The minimum atomic E-state index is -1.28. The van der Waals surface area contributed by atoms with Crippen molar-refractivity contribution in [2.75, 3.05) is 11.9 Å². The van der Waals surface area contributed by atoms with Crippen LogP contribution >= 0.6 is 0 Å². The number of carbonyl (C=O) groups is 1. The summed E-state index contributed by atoms with van der Waals surface area (Å²) < 4.78 is 0. The summed E-state index contributed by atoms with van der Waals surface area (Å²) in [5, 5.41) is 11.8. The standard InChI is InChI=1S/C19H24N2O2/c1-3-14-4-6-15(7-5-14)12-16-8-10-17(11-9-16)21-18(23)19(2,20)13-22/h4-11,22H,3,12-13,20H2,1-2H3,(H,21,23)/t19-/m0/s1. The molecule has 1 atom stereocenters. The fourth-order valence-electron chi connectivity index (χ4n) is 2.18. The van der Waals surface area contributed by atoms with Crippen molar-refractivity contribution >= 4 is 11.6 Å². The Bertz CT molecular complexity index is 646. The van der Waals surface area contributed by atoms with Crippen LogP contribution in [0.3, 0.4) is 0 Å². The van der Waals surface area contributed by atoms with E-state index in [9.17, 15) is 4.79 Å². The van der Waals surface area contributed by atoms with Gasteiger partial charge in [0.25, 0.3) is 0 Å². The second kappa shape index (κ2) is 7.40. The van der Waals surface area contributed by atoms with Crippen LogP contribution in [0.2, 0.25) is 0 Å². The van der Waals surface area contributed by atoms with E-state index in [0.29, 0.717) is 5.69 Å². The van der Waals surface area contributed by atoms with E-state index in [1.165, 1.54) is 23.6 Å². The maximum atomic E-state index is 11.9. The van der Waals surface area contributed by atoms with Crippen molar-refractivity contribution in [3.05, 3.63) is 65.2 Å². The normalized spacial score (nSPS) is 13.4. The van der Waals surface area contributed by atoms with Crippen LogP contribution in [0.5, 0.6) is 0 Å². The molecule has 0 aliphatic carbocycles. The molecule has 0 unspecified atom stereocenters. The van der Waals surface area contributed by atoms with Gasteiger partial charge in [-0.1, -0.05) is 43.3 Å². The van der Waals surface area contributed by atoms with Gasteiger partial charge in [-0.3, -0.25) is 4.79 Å². The molecule has 0 spiro atoms. The molecule has 0 aliphatic heterocycles. The van der Waals surface area contributed by atoms with Gasteiger partial charge in [-0.2, -0.15) is 0 Å². The van der Waals surface area contributed by atoms with Crippen molar-refractivity contribution in [2.45, 2.75) is 32.2 Å². The Kier molecular flexibility index (Phi) is 5.53. The van der Waals surface area contributed by atoms with E-state index in [1.807, 2.05) is 24.3 Å². The molecule has 0 aliphatic rings. The highest BCUT2D eigenvalue weighted by Gasteiger charge is 2.27. The summed E-state index contributed by atoms with van der Waals surface area (Å²) in [6, 6.07) is 16.3. The Balaban J connectivity index is 2.00. The molecule has 0 heterocycles. The van der Waals surface area contributed by atoms with Gasteiger partial charge in [-0.15, -0.1) is 0 Å². The van der Waals surface area contributed by atoms with Crippen LogP contribution in [0.15, 0.2) is 48.5 Å². The number of nitrogens with two attached hydrogens (primary N) is 1. The second-order valence-electron chi connectivity index (χ2n) is 6.07. The van der Waals surface area contributed by atoms with E-state index >= 15 is 0 Å². The number of nitrogens with one attached hydrogen (secondary N) is 1. The lowest BCUT2D eigenvalue weighted by Crippen LogP contribution is -2.51. The zero-order valence-electron chi connectivity index (χ0n) is 13.7. The molecule has 0 radical (unpaired) electrons. The van der Waals surface area contributed by atoms with Crippen molar-refractivity contribution < 1.29 is 9.90 Å². The van der Waals surface area contributed by atoms with Crippen LogP contribution in [-0.2, 0) is 17.6 Å². The highest BCUT2D eigenvalue weighted by Crippen LogP contribution is 2.15. The molecule has 0 aromatic heterocycles. The molecule has 4 heteroatoms. The molecule has 0 saturated heterocycles. The molecule has 2 rings (SSSR count). The van der Waals surface area contributed by atoms with E-state index in [1.54, 1.807) is 0 Å². The van der Waals surface area contributed by atoms with Gasteiger partial charge in [0, 0.05) is 5.69 Å². The van der Waals surface area contributed by atoms with E-state index in [4.69, 9.17) is 10.8 Å². The number of aliphatic hydroxyl groups excluding tert-OH is 1. The molecule has 122 valence electrons. The molecule has 1 amide bonds. The van der Waals surface area contributed by atoms with Gasteiger partial charge in [0.1, 0.15) is 5.54 Å². The Hall–Kier alpha value is -2.17. The zero-order chi connectivity index (χ0) is 16.9. The Labute approximate surface area is 137 Å².